The van der Waals surface area contributed by atoms with E-state index in [1.165, 1.54) is 12.1 Å². The normalized spacial score (nSPS) is 15.1. The Morgan fingerprint density at radius 1 is 1.06 bits per heavy atom. The lowest BCUT2D eigenvalue weighted by Crippen LogP contribution is -2.25. The van der Waals surface area contributed by atoms with Crippen molar-refractivity contribution in [3.63, 3.8) is 0 Å². The summed E-state index contributed by atoms with van der Waals surface area (Å²) in [7, 11) is 0. The predicted octanol–water partition coefficient (Wildman–Crippen LogP) is 4.12. The quantitative estimate of drug-likeness (QED) is 0.404. The van der Waals surface area contributed by atoms with E-state index in [9.17, 15) is 9.18 Å². The minimum atomic E-state index is -0.311. The fourth-order valence-corrected chi connectivity index (χ4v) is 4.67. The number of fused-ring (bicyclic) bond motifs is 2. The number of halogens is 1. The maximum Gasteiger partial charge on any atom is 0.226 e. The fraction of sp³-hybridized carbons (Fsp3) is 0.192. The van der Waals surface area contributed by atoms with Crippen molar-refractivity contribution in [1.29, 1.82) is 0 Å². The topological polar surface area (TPSA) is 99.2 Å². The lowest BCUT2D eigenvalue weighted by molar-refractivity contribution is -0.116. The Morgan fingerprint density at radius 2 is 1.92 bits per heavy atom. The molecule has 1 atom stereocenters. The van der Waals surface area contributed by atoms with Crippen molar-refractivity contribution in [3.05, 3.63) is 94.7 Å². The molecule has 6 rings (SSSR count). The Balaban J connectivity index is 1.40. The van der Waals surface area contributed by atoms with Gasteiger partial charge >= 0.3 is 0 Å². The van der Waals surface area contributed by atoms with Crippen molar-refractivity contribution in [2.75, 3.05) is 5.32 Å². The van der Waals surface area contributed by atoms with E-state index in [-0.39, 0.29) is 30.7 Å². The highest BCUT2D eigenvalue weighted by atomic mass is 19.1. The third kappa shape index (κ3) is 3.76. The number of carbonyl (C=O) groups is 1. The largest absolute Gasteiger partial charge is 0.489 e. The van der Waals surface area contributed by atoms with Crippen molar-refractivity contribution >= 4 is 17.4 Å². The summed E-state index contributed by atoms with van der Waals surface area (Å²) in [4.78, 5) is 12.9. The zero-order chi connectivity index (χ0) is 24.8. The van der Waals surface area contributed by atoms with Gasteiger partial charge in [-0.1, -0.05) is 30.3 Å². The predicted molar refractivity (Wildman–Crippen MR) is 130 cm³/mol. The molecule has 3 aromatic heterocycles. The molecule has 1 N–H and O–H groups in total. The summed E-state index contributed by atoms with van der Waals surface area (Å²) < 4.78 is 23.0. The second-order valence-electron chi connectivity index (χ2n) is 8.73. The number of nitrogens with zero attached hydrogens (tertiary/aromatic N) is 6. The first-order chi connectivity index (χ1) is 17.5. The molecule has 36 heavy (non-hydrogen) atoms. The number of rotatable bonds is 5. The van der Waals surface area contributed by atoms with E-state index in [2.05, 4.69) is 20.6 Å². The molecule has 180 valence electrons. The van der Waals surface area contributed by atoms with Crippen LogP contribution in [0.2, 0.25) is 0 Å². The van der Waals surface area contributed by atoms with Gasteiger partial charge in [-0.05, 0) is 49.7 Å². The number of aromatic nitrogens is 6. The Kier molecular flexibility index (Phi) is 5.21. The number of ether oxygens (including phenoxy) is 1. The highest BCUT2D eigenvalue weighted by Crippen LogP contribution is 2.43. The van der Waals surface area contributed by atoms with Crippen LogP contribution in [0.5, 0.6) is 5.75 Å². The van der Waals surface area contributed by atoms with Crippen LogP contribution in [-0.2, 0) is 11.4 Å². The number of para-hydroxylation sites is 1. The number of hydrogen-bond donors (Lipinski definition) is 1. The molecule has 2 aromatic carbocycles. The zero-order valence-corrected chi connectivity index (χ0v) is 19.6. The van der Waals surface area contributed by atoms with E-state index in [4.69, 9.17) is 9.84 Å². The molecule has 0 bridgehead atoms. The minimum Gasteiger partial charge on any atom is -0.489 e. The van der Waals surface area contributed by atoms with Gasteiger partial charge in [0.15, 0.2) is 17.3 Å². The smallest absolute Gasteiger partial charge is 0.226 e. The number of anilines is 1. The lowest BCUT2D eigenvalue weighted by Gasteiger charge is -2.26. The Morgan fingerprint density at radius 3 is 2.78 bits per heavy atom. The van der Waals surface area contributed by atoms with Crippen molar-refractivity contribution in [2.45, 2.75) is 32.8 Å². The summed E-state index contributed by atoms with van der Waals surface area (Å²) >= 11 is 0. The first kappa shape index (κ1) is 21.9. The van der Waals surface area contributed by atoms with Gasteiger partial charge in [0.2, 0.25) is 5.91 Å². The third-order valence-corrected chi connectivity index (χ3v) is 6.30. The number of carbonyl (C=O) groups excluding carboxylic acids is 1. The van der Waals surface area contributed by atoms with Crippen LogP contribution in [0.3, 0.4) is 0 Å². The number of nitrogens with one attached hydrogen (secondary N) is 1. The van der Waals surface area contributed by atoms with Crippen molar-refractivity contribution < 1.29 is 13.9 Å². The first-order valence-corrected chi connectivity index (χ1v) is 11.5. The van der Waals surface area contributed by atoms with Gasteiger partial charge in [-0.2, -0.15) is 14.3 Å². The van der Waals surface area contributed by atoms with Gasteiger partial charge in [0.1, 0.15) is 24.0 Å². The second-order valence-corrected chi connectivity index (χ2v) is 8.73. The molecule has 4 heterocycles. The molecule has 0 saturated carbocycles. The van der Waals surface area contributed by atoms with Gasteiger partial charge in [-0.15, -0.1) is 15.3 Å². The van der Waals surface area contributed by atoms with Crippen LogP contribution in [0, 0.1) is 19.7 Å². The number of aryl methyl sites for hydroxylation is 2. The van der Waals surface area contributed by atoms with E-state index in [1.807, 2.05) is 50.2 Å². The van der Waals surface area contributed by atoms with Gasteiger partial charge < -0.3 is 10.1 Å². The molecule has 1 unspecified atom stereocenters. The summed E-state index contributed by atoms with van der Waals surface area (Å²) in [5.74, 6) is 1.68. The van der Waals surface area contributed by atoms with Crippen LogP contribution in [0.1, 0.15) is 40.5 Å². The van der Waals surface area contributed by atoms with E-state index in [0.29, 0.717) is 28.9 Å². The van der Waals surface area contributed by atoms with Crippen molar-refractivity contribution in [3.8, 4) is 11.6 Å². The molecule has 0 aliphatic carbocycles. The van der Waals surface area contributed by atoms with Gasteiger partial charge in [-0.25, -0.2) is 4.39 Å². The maximum atomic E-state index is 13.6. The molecule has 1 aliphatic heterocycles. The molecule has 0 saturated heterocycles. The summed E-state index contributed by atoms with van der Waals surface area (Å²) in [5, 5.41) is 20.5. The average Bonchev–Trinajstić information content (AvgIpc) is 3.41. The van der Waals surface area contributed by atoms with Crippen LogP contribution < -0.4 is 10.1 Å². The highest BCUT2D eigenvalue weighted by Gasteiger charge is 2.34. The molecule has 9 nitrogen and oxygen atoms in total. The molecule has 1 amide bonds. The molecule has 1 aliphatic rings. The van der Waals surface area contributed by atoms with Gasteiger partial charge in [0, 0.05) is 23.5 Å². The second kappa shape index (κ2) is 8.56. The van der Waals surface area contributed by atoms with Crippen LogP contribution in [0.4, 0.5) is 10.2 Å². The Bertz CT molecular complexity index is 1620. The number of amides is 1. The SMILES string of the molecule is Cc1nn(-c2ccc3nnc(C)n3n2)c2c1C(c1ccccc1OCc1cccc(F)c1)CC(=O)N2. The van der Waals surface area contributed by atoms with Gasteiger partial charge in [-0.3, -0.25) is 4.79 Å². The van der Waals surface area contributed by atoms with Crippen LogP contribution in [-0.4, -0.2) is 35.5 Å². The first-order valence-electron chi connectivity index (χ1n) is 11.5. The summed E-state index contributed by atoms with van der Waals surface area (Å²) in [6.45, 7) is 3.94. The number of hydrogen-bond acceptors (Lipinski definition) is 6. The van der Waals surface area contributed by atoms with E-state index >= 15 is 0 Å². The minimum absolute atomic E-state index is 0.130. The van der Waals surface area contributed by atoms with Crippen molar-refractivity contribution in [1.82, 2.24) is 29.6 Å². The Labute approximate surface area is 205 Å². The molecule has 0 radical (unpaired) electrons. The molecule has 0 fully saturated rings. The average molecular weight is 484 g/mol. The van der Waals surface area contributed by atoms with E-state index in [1.54, 1.807) is 21.3 Å². The van der Waals surface area contributed by atoms with Crippen molar-refractivity contribution in [2.24, 2.45) is 0 Å². The molecule has 10 heteroatoms. The maximum absolute atomic E-state index is 13.6. The Hall–Kier alpha value is -4.60. The van der Waals surface area contributed by atoms with E-state index < -0.39 is 0 Å². The molecule has 0 spiro atoms. The van der Waals surface area contributed by atoms with Gasteiger partial charge in [0.05, 0.1) is 5.69 Å². The molecule has 5 aromatic rings. The highest BCUT2D eigenvalue weighted by molar-refractivity contribution is 5.95. The van der Waals surface area contributed by atoms with Gasteiger partial charge in [0.25, 0.3) is 0 Å². The third-order valence-electron chi connectivity index (χ3n) is 6.30. The number of benzene rings is 2. The van der Waals surface area contributed by atoms with E-state index in [0.717, 1.165) is 22.4 Å². The fourth-order valence-electron chi connectivity index (χ4n) is 4.67. The molecular weight excluding hydrogens is 461 g/mol. The van der Waals surface area contributed by atoms with Crippen LogP contribution in [0.15, 0.2) is 60.7 Å². The molecular formula is C26H22FN7O2. The van der Waals surface area contributed by atoms with Crippen LogP contribution >= 0.6 is 0 Å². The monoisotopic (exact) mass is 483 g/mol. The zero-order valence-electron chi connectivity index (χ0n) is 19.6. The lowest BCUT2D eigenvalue weighted by atomic mass is 9.85. The standard InChI is InChI=1S/C26H22FN7O2/c1-15-25-20(19-8-3-4-9-21(19)36-14-17-6-5-7-18(27)12-17)13-24(35)28-26(25)34(31-15)23-11-10-22-30-29-16(2)33(22)32-23/h3-12,20H,13-14H2,1-2H3,(H,28,35). The summed E-state index contributed by atoms with van der Waals surface area (Å²) in [5.41, 5.74) is 3.89. The summed E-state index contributed by atoms with van der Waals surface area (Å²) in [6, 6.07) is 17.5. The van der Waals surface area contributed by atoms with Crippen LogP contribution in [0.25, 0.3) is 11.5 Å². The summed E-state index contributed by atoms with van der Waals surface area (Å²) in [6.07, 6.45) is 0.247.